The van der Waals surface area contributed by atoms with Crippen LogP contribution in [0.1, 0.15) is 0 Å². The Morgan fingerprint density at radius 1 is 1.21 bits per heavy atom. The lowest BCUT2D eigenvalue weighted by Gasteiger charge is -2.08. The maximum absolute atomic E-state index is 4.98. The van der Waals surface area contributed by atoms with Crippen molar-refractivity contribution >= 4 is 33.3 Å². The molecule has 0 aliphatic rings. The van der Waals surface area contributed by atoms with Gasteiger partial charge in [0.05, 0.1) is 6.61 Å². The number of benzene rings is 1. The van der Waals surface area contributed by atoms with Crippen LogP contribution < -0.4 is 10.6 Å². The van der Waals surface area contributed by atoms with Crippen molar-refractivity contribution in [1.82, 2.24) is 9.97 Å². The molecule has 0 fully saturated rings. The predicted octanol–water partition coefficient (Wildman–Crippen LogP) is 3.04. The monoisotopic (exact) mass is 322 g/mol. The molecule has 6 heteroatoms. The minimum Gasteiger partial charge on any atom is -0.383 e. The Bertz CT molecular complexity index is 536. The molecule has 1 aromatic carbocycles. The summed E-state index contributed by atoms with van der Waals surface area (Å²) in [5.74, 6) is 1.51. The SMILES string of the molecule is COCCNc1cc(Nc2cccc(Br)c2)ncn1. The molecule has 0 saturated carbocycles. The van der Waals surface area contributed by atoms with Crippen LogP contribution in [0, 0.1) is 0 Å². The zero-order chi connectivity index (χ0) is 13.5. The second-order valence-electron chi connectivity index (χ2n) is 3.84. The van der Waals surface area contributed by atoms with E-state index in [1.165, 1.54) is 6.33 Å². The van der Waals surface area contributed by atoms with E-state index in [-0.39, 0.29) is 0 Å². The van der Waals surface area contributed by atoms with E-state index in [1.807, 2.05) is 30.3 Å². The maximum atomic E-state index is 4.98. The van der Waals surface area contributed by atoms with Crippen LogP contribution in [-0.4, -0.2) is 30.2 Å². The van der Waals surface area contributed by atoms with E-state index in [4.69, 9.17) is 4.74 Å². The van der Waals surface area contributed by atoms with Crippen molar-refractivity contribution in [3.63, 3.8) is 0 Å². The summed E-state index contributed by atoms with van der Waals surface area (Å²) in [5.41, 5.74) is 0.968. The van der Waals surface area contributed by atoms with Gasteiger partial charge < -0.3 is 15.4 Å². The molecule has 0 atom stereocenters. The van der Waals surface area contributed by atoms with Crippen molar-refractivity contribution in [3.05, 3.63) is 41.1 Å². The van der Waals surface area contributed by atoms with Gasteiger partial charge in [-0.3, -0.25) is 0 Å². The van der Waals surface area contributed by atoms with Gasteiger partial charge in [-0.25, -0.2) is 9.97 Å². The summed E-state index contributed by atoms with van der Waals surface area (Å²) in [6, 6.07) is 9.76. The van der Waals surface area contributed by atoms with E-state index in [2.05, 4.69) is 36.5 Å². The highest BCUT2D eigenvalue weighted by Crippen LogP contribution is 2.19. The van der Waals surface area contributed by atoms with Crippen molar-refractivity contribution < 1.29 is 4.74 Å². The molecule has 5 nitrogen and oxygen atoms in total. The van der Waals surface area contributed by atoms with E-state index in [0.29, 0.717) is 13.2 Å². The minimum atomic E-state index is 0.637. The van der Waals surface area contributed by atoms with Crippen LogP contribution in [0.5, 0.6) is 0 Å². The van der Waals surface area contributed by atoms with E-state index in [9.17, 15) is 0 Å². The van der Waals surface area contributed by atoms with Crippen molar-refractivity contribution in [1.29, 1.82) is 0 Å². The van der Waals surface area contributed by atoms with E-state index in [0.717, 1.165) is 21.8 Å². The summed E-state index contributed by atoms with van der Waals surface area (Å²) in [4.78, 5) is 8.33. The molecule has 1 heterocycles. The van der Waals surface area contributed by atoms with Crippen LogP contribution in [-0.2, 0) is 4.74 Å². The third kappa shape index (κ3) is 4.50. The average Bonchev–Trinajstić information content (AvgIpc) is 2.39. The normalized spacial score (nSPS) is 10.2. The molecule has 0 spiro atoms. The van der Waals surface area contributed by atoms with E-state index >= 15 is 0 Å². The molecule has 0 bridgehead atoms. The van der Waals surface area contributed by atoms with Gasteiger partial charge in [0.15, 0.2) is 0 Å². The van der Waals surface area contributed by atoms with Gasteiger partial charge >= 0.3 is 0 Å². The van der Waals surface area contributed by atoms with E-state index < -0.39 is 0 Å². The highest BCUT2D eigenvalue weighted by atomic mass is 79.9. The first-order valence-corrected chi connectivity index (χ1v) is 6.64. The molecule has 2 aromatic rings. The molecule has 0 amide bonds. The first-order chi connectivity index (χ1) is 9.28. The van der Waals surface area contributed by atoms with Gasteiger partial charge in [0.1, 0.15) is 18.0 Å². The minimum absolute atomic E-state index is 0.637. The highest BCUT2D eigenvalue weighted by molar-refractivity contribution is 9.10. The van der Waals surface area contributed by atoms with Crippen molar-refractivity contribution in [2.24, 2.45) is 0 Å². The molecule has 100 valence electrons. The molecule has 0 radical (unpaired) electrons. The van der Waals surface area contributed by atoms with Gasteiger partial charge in [-0.2, -0.15) is 0 Å². The van der Waals surface area contributed by atoms with Gasteiger partial charge in [0.25, 0.3) is 0 Å². The van der Waals surface area contributed by atoms with Crippen LogP contribution >= 0.6 is 15.9 Å². The molecular weight excluding hydrogens is 308 g/mol. The molecule has 0 unspecified atom stereocenters. The quantitative estimate of drug-likeness (QED) is 0.800. The second-order valence-corrected chi connectivity index (χ2v) is 4.76. The van der Waals surface area contributed by atoms with Gasteiger partial charge in [0, 0.05) is 29.9 Å². The van der Waals surface area contributed by atoms with E-state index in [1.54, 1.807) is 7.11 Å². The Morgan fingerprint density at radius 3 is 2.84 bits per heavy atom. The number of halogens is 1. The summed E-state index contributed by atoms with van der Waals surface area (Å²) in [6.07, 6.45) is 1.52. The highest BCUT2D eigenvalue weighted by Gasteiger charge is 1.99. The average molecular weight is 323 g/mol. The lowest BCUT2D eigenvalue weighted by molar-refractivity contribution is 0.210. The zero-order valence-corrected chi connectivity index (χ0v) is 12.1. The maximum Gasteiger partial charge on any atom is 0.135 e. The fourth-order valence-corrected chi connectivity index (χ4v) is 1.92. The molecule has 0 saturated heterocycles. The number of methoxy groups -OCH3 is 1. The molecule has 19 heavy (non-hydrogen) atoms. The Hall–Kier alpha value is -1.66. The fraction of sp³-hybridized carbons (Fsp3) is 0.231. The van der Waals surface area contributed by atoms with Crippen molar-refractivity contribution in [2.45, 2.75) is 0 Å². The van der Waals surface area contributed by atoms with Gasteiger partial charge in [-0.15, -0.1) is 0 Å². The number of anilines is 3. The molecule has 2 N–H and O–H groups in total. The van der Waals surface area contributed by atoms with Gasteiger partial charge in [-0.1, -0.05) is 22.0 Å². The van der Waals surface area contributed by atoms with Gasteiger partial charge in [-0.05, 0) is 18.2 Å². The van der Waals surface area contributed by atoms with Crippen LogP contribution in [0.3, 0.4) is 0 Å². The summed E-state index contributed by atoms with van der Waals surface area (Å²) < 4.78 is 5.99. The topological polar surface area (TPSA) is 59.1 Å². The number of nitrogens with one attached hydrogen (secondary N) is 2. The number of aromatic nitrogens is 2. The van der Waals surface area contributed by atoms with Crippen molar-refractivity contribution in [2.75, 3.05) is 30.9 Å². The van der Waals surface area contributed by atoms with Gasteiger partial charge in [0.2, 0.25) is 0 Å². The Kier molecular flexibility index (Phi) is 5.11. The number of hydrogen-bond donors (Lipinski definition) is 2. The number of rotatable bonds is 6. The van der Waals surface area contributed by atoms with Crippen LogP contribution in [0.25, 0.3) is 0 Å². The lowest BCUT2D eigenvalue weighted by atomic mass is 10.3. The third-order valence-corrected chi connectivity index (χ3v) is 2.87. The molecule has 2 rings (SSSR count). The standard InChI is InChI=1S/C13H15BrN4O/c1-19-6-5-15-12-8-13(17-9-16-12)18-11-4-2-3-10(14)7-11/h2-4,7-9H,5-6H2,1H3,(H2,15,16,17,18). The lowest BCUT2D eigenvalue weighted by Crippen LogP contribution is -2.09. The third-order valence-electron chi connectivity index (χ3n) is 2.38. The first-order valence-electron chi connectivity index (χ1n) is 5.85. The fourth-order valence-electron chi connectivity index (χ4n) is 1.52. The molecule has 0 aliphatic heterocycles. The Morgan fingerprint density at radius 2 is 2.05 bits per heavy atom. The first kappa shape index (κ1) is 13.8. The summed E-state index contributed by atoms with van der Waals surface area (Å²) in [5, 5.41) is 6.38. The summed E-state index contributed by atoms with van der Waals surface area (Å²) in [6.45, 7) is 1.35. The molecular formula is C13H15BrN4O. The second kappa shape index (κ2) is 7.06. The summed E-state index contributed by atoms with van der Waals surface area (Å²) in [7, 11) is 1.67. The number of ether oxygens (including phenoxy) is 1. The molecule has 0 aliphatic carbocycles. The zero-order valence-electron chi connectivity index (χ0n) is 10.6. The van der Waals surface area contributed by atoms with Crippen molar-refractivity contribution in [3.8, 4) is 0 Å². The van der Waals surface area contributed by atoms with Crippen LogP contribution in [0.15, 0.2) is 41.1 Å². The smallest absolute Gasteiger partial charge is 0.135 e. The molecule has 1 aromatic heterocycles. The largest absolute Gasteiger partial charge is 0.383 e. The number of nitrogens with zero attached hydrogens (tertiary/aromatic N) is 2. The van der Waals surface area contributed by atoms with Crippen LogP contribution in [0.4, 0.5) is 17.3 Å². The Labute approximate surface area is 120 Å². The van der Waals surface area contributed by atoms with Crippen LogP contribution in [0.2, 0.25) is 0 Å². The number of hydrogen-bond acceptors (Lipinski definition) is 5. The Balaban J connectivity index is 2.02. The summed E-state index contributed by atoms with van der Waals surface area (Å²) >= 11 is 3.43. The predicted molar refractivity (Wildman–Crippen MR) is 79.8 cm³/mol.